The molecule has 3 rings (SSSR count). The van der Waals surface area contributed by atoms with E-state index in [0.29, 0.717) is 16.7 Å². The van der Waals surface area contributed by atoms with Crippen LogP contribution in [0.5, 0.6) is 0 Å². The van der Waals surface area contributed by atoms with Crippen molar-refractivity contribution in [2.75, 3.05) is 20.2 Å². The van der Waals surface area contributed by atoms with Crippen LogP contribution in [0.2, 0.25) is 0 Å². The highest BCUT2D eigenvalue weighted by Crippen LogP contribution is 2.28. The van der Waals surface area contributed by atoms with Crippen LogP contribution in [-0.4, -0.2) is 47.3 Å². The summed E-state index contributed by atoms with van der Waals surface area (Å²) in [6.07, 6.45) is 0.486. The predicted molar refractivity (Wildman–Crippen MR) is 96.2 cm³/mol. The number of aliphatic hydroxyl groups excluding tert-OH is 2. The summed E-state index contributed by atoms with van der Waals surface area (Å²) in [5.74, 6) is -0.340. The Hall–Kier alpha value is -2.64. The third-order valence-corrected chi connectivity index (χ3v) is 4.62. The number of aliphatic hydroxyl groups is 2. The number of likely N-dealkylation sites (N-methyl/N-ethyl adjacent to an activating group) is 1. The molecule has 2 aromatic heterocycles. The highest BCUT2D eigenvalue weighted by atomic mass is 16.4. The average molecular weight is 359 g/mol. The molecule has 1 unspecified atom stereocenters. The molecule has 2 N–H and O–H groups in total. The molecule has 0 bridgehead atoms. The normalized spacial score (nSPS) is 12.7. The number of amides is 1. The Kier molecular flexibility index (Phi) is 4.84. The van der Waals surface area contributed by atoms with Gasteiger partial charge < -0.3 is 23.9 Å². The van der Waals surface area contributed by atoms with Crippen molar-refractivity contribution in [1.82, 2.24) is 4.90 Å². The molecular formula is C19H21NO6. The second-order valence-corrected chi connectivity index (χ2v) is 6.54. The predicted octanol–water partition coefficient (Wildman–Crippen LogP) is 1.51. The summed E-state index contributed by atoms with van der Waals surface area (Å²) in [6.45, 7) is 3.26. The summed E-state index contributed by atoms with van der Waals surface area (Å²) in [5, 5.41) is 20.0. The van der Waals surface area contributed by atoms with Crippen LogP contribution in [0.4, 0.5) is 0 Å². The molecule has 1 atom stereocenters. The van der Waals surface area contributed by atoms with Crippen molar-refractivity contribution < 1.29 is 23.8 Å². The number of benzene rings is 1. The number of hydrogen-bond donors (Lipinski definition) is 2. The smallest absolute Gasteiger partial charge is 0.340 e. The van der Waals surface area contributed by atoms with Gasteiger partial charge in [-0.05, 0) is 31.0 Å². The Morgan fingerprint density at radius 2 is 1.96 bits per heavy atom. The molecule has 0 aliphatic carbocycles. The van der Waals surface area contributed by atoms with Gasteiger partial charge in [-0.15, -0.1) is 0 Å². The molecule has 0 radical (unpaired) electrons. The third-order valence-electron chi connectivity index (χ3n) is 4.62. The van der Waals surface area contributed by atoms with Crippen molar-refractivity contribution in [1.29, 1.82) is 0 Å². The number of rotatable bonds is 5. The Bertz CT molecular complexity index is 1030. The van der Waals surface area contributed by atoms with E-state index in [1.807, 2.05) is 13.0 Å². The average Bonchev–Trinajstić information content (AvgIpc) is 2.97. The van der Waals surface area contributed by atoms with E-state index in [4.69, 9.17) is 13.9 Å². The molecule has 1 amide bonds. The molecule has 26 heavy (non-hydrogen) atoms. The first-order valence-electron chi connectivity index (χ1n) is 8.28. The van der Waals surface area contributed by atoms with E-state index in [1.54, 1.807) is 19.3 Å². The summed E-state index contributed by atoms with van der Waals surface area (Å²) < 4.78 is 10.8. The maximum Gasteiger partial charge on any atom is 0.340 e. The van der Waals surface area contributed by atoms with Gasteiger partial charge in [0.25, 0.3) is 0 Å². The third kappa shape index (κ3) is 3.23. The first-order valence-corrected chi connectivity index (χ1v) is 8.28. The van der Waals surface area contributed by atoms with Crippen LogP contribution in [0.3, 0.4) is 0 Å². The molecule has 0 fully saturated rings. The molecule has 3 aromatic rings. The summed E-state index contributed by atoms with van der Waals surface area (Å²) in [6, 6.07) is 3.58. The van der Waals surface area contributed by atoms with E-state index in [0.717, 1.165) is 16.3 Å². The Balaban J connectivity index is 2.00. The fourth-order valence-corrected chi connectivity index (χ4v) is 3.00. The number of carbonyl (C=O) groups is 1. The molecule has 0 aliphatic rings. The highest BCUT2D eigenvalue weighted by molar-refractivity contribution is 5.96. The lowest BCUT2D eigenvalue weighted by atomic mass is 10.0. The second-order valence-electron chi connectivity index (χ2n) is 6.54. The number of carbonyl (C=O) groups excluding carboxylic acids is 1. The van der Waals surface area contributed by atoms with Crippen LogP contribution in [0, 0.1) is 13.8 Å². The van der Waals surface area contributed by atoms with Gasteiger partial charge in [0.15, 0.2) is 0 Å². The fraction of sp³-hybridized carbons (Fsp3) is 0.368. The fourth-order valence-electron chi connectivity index (χ4n) is 3.00. The molecule has 138 valence electrons. The van der Waals surface area contributed by atoms with Crippen LogP contribution in [0.1, 0.15) is 16.7 Å². The van der Waals surface area contributed by atoms with Gasteiger partial charge in [0.1, 0.15) is 11.2 Å². The summed E-state index contributed by atoms with van der Waals surface area (Å²) in [5.41, 5.74) is 2.43. The van der Waals surface area contributed by atoms with E-state index < -0.39 is 18.3 Å². The second kappa shape index (κ2) is 6.93. The van der Waals surface area contributed by atoms with Crippen LogP contribution >= 0.6 is 0 Å². The highest BCUT2D eigenvalue weighted by Gasteiger charge is 2.19. The van der Waals surface area contributed by atoms with Crippen LogP contribution in [0.15, 0.2) is 32.0 Å². The molecular weight excluding hydrogens is 338 g/mol. The van der Waals surface area contributed by atoms with E-state index >= 15 is 0 Å². The van der Waals surface area contributed by atoms with E-state index in [2.05, 4.69) is 0 Å². The lowest BCUT2D eigenvalue weighted by Crippen LogP contribution is -2.37. The number of nitrogens with zero attached hydrogens (tertiary/aromatic N) is 1. The van der Waals surface area contributed by atoms with Crippen LogP contribution in [-0.2, 0) is 11.2 Å². The maximum atomic E-state index is 12.4. The summed E-state index contributed by atoms with van der Waals surface area (Å²) in [4.78, 5) is 26.0. The zero-order valence-electron chi connectivity index (χ0n) is 14.9. The molecule has 0 saturated heterocycles. The van der Waals surface area contributed by atoms with Gasteiger partial charge in [-0.3, -0.25) is 4.79 Å². The van der Waals surface area contributed by atoms with Crippen molar-refractivity contribution >= 4 is 27.8 Å². The molecule has 1 aromatic carbocycles. The zero-order chi connectivity index (χ0) is 19.0. The van der Waals surface area contributed by atoms with Gasteiger partial charge in [0, 0.05) is 30.4 Å². The molecule has 2 heterocycles. The monoisotopic (exact) mass is 359 g/mol. The minimum absolute atomic E-state index is 0.0118. The first kappa shape index (κ1) is 18.2. The minimum Gasteiger partial charge on any atom is -0.464 e. The molecule has 0 saturated carbocycles. The maximum absolute atomic E-state index is 12.4. The van der Waals surface area contributed by atoms with Crippen molar-refractivity contribution in [3.8, 4) is 0 Å². The Morgan fingerprint density at radius 3 is 2.65 bits per heavy atom. The summed E-state index contributed by atoms with van der Waals surface area (Å²) in [7, 11) is 1.51. The molecule has 0 spiro atoms. The quantitative estimate of drug-likeness (QED) is 0.669. The lowest BCUT2D eigenvalue weighted by molar-refractivity contribution is -0.130. The topological polar surface area (TPSA) is 104 Å². The number of furan rings is 1. The first-order chi connectivity index (χ1) is 12.3. The summed E-state index contributed by atoms with van der Waals surface area (Å²) >= 11 is 0. The lowest BCUT2D eigenvalue weighted by Gasteiger charge is -2.20. The van der Waals surface area contributed by atoms with Gasteiger partial charge in [-0.1, -0.05) is 0 Å². The Morgan fingerprint density at radius 1 is 1.23 bits per heavy atom. The van der Waals surface area contributed by atoms with Crippen LogP contribution in [0.25, 0.3) is 21.9 Å². The van der Waals surface area contributed by atoms with Crippen molar-refractivity contribution in [3.05, 3.63) is 45.5 Å². The number of aryl methyl sites for hydroxylation is 2. The van der Waals surface area contributed by atoms with Gasteiger partial charge in [0.05, 0.1) is 31.0 Å². The molecule has 7 nitrogen and oxygen atoms in total. The van der Waals surface area contributed by atoms with Crippen LogP contribution < -0.4 is 5.63 Å². The number of hydrogen-bond acceptors (Lipinski definition) is 6. The van der Waals surface area contributed by atoms with E-state index in [9.17, 15) is 14.7 Å². The van der Waals surface area contributed by atoms with Gasteiger partial charge in [-0.2, -0.15) is 0 Å². The number of fused-ring (bicyclic) bond motifs is 2. The van der Waals surface area contributed by atoms with Crippen molar-refractivity contribution in [2.24, 2.45) is 0 Å². The largest absolute Gasteiger partial charge is 0.464 e. The van der Waals surface area contributed by atoms with Crippen molar-refractivity contribution in [3.63, 3.8) is 0 Å². The van der Waals surface area contributed by atoms with Crippen molar-refractivity contribution in [2.45, 2.75) is 26.4 Å². The molecule has 0 aliphatic heterocycles. The SMILES string of the molecule is Cc1coc2cc3oc(=O)c(CC(=O)N(C)CC(O)CO)c(C)c3cc12. The van der Waals surface area contributed by atoms with E-state index in [1.165, 1.54) is 11.9 Å². The zero-order valence-corrected chi connectivity index (χ0v) is 14.9. The molecule has 7 heteroatoms. The standard InChI is InChI=1S/C19H21NO6/c1-10-9-25-16-6-17-14(4-13(10)16)11(2)15(19(24)26-17)5-18(23)20(3)7-12(22)8-21/h4,6,9,12,21-22H,5,7-8H2,1-3H3. The van der Waals surface area contributed by atoms with Gasteiger partial charge >= 0.3 is 5.63 Å². The minimum atomic E-state index is -1.02. The van der Waals surface area contributed by atoms with E-state index in [-0.39, 0.29) is 24.4 Å². The van der Waals surface area contributed by atoms with Gasteiger partial charge in [0.2, 0.25) is 5.91 Å². The van der Waals surface area contributed by atoms with Gasteiger partial charge in [-0.25, -0.2) is 4.79 Å². The Labute approximate surface area is 149 Å².